The van der Waals surface area contributed by atoms with Crippen molar-refractivity contribution >= 4 is 0 Å². The third-order valence-electron chi connectivity index (χ3n) is 3.52. The van der Waals surface area contributed by atoms with Gasteiger partial charge >= 0.3 is 0 Å². The first-order valence-electron chi connectivity index (χ1n) is 7.34. The molecule has 0 spiro atoms. The molecule has 1 aliphatic rings. The second-order valence-electron chi connectivity index (χ2n) is 5.18. The molecule has 0 atom stereocenters. The summed E-state index contributed by atoms with van der Waals surface area (Å²) in [6.45, 7) is 4.65. The van der Waals surface area contributed by atoms with Crippen molar-refractivity contribution in [3.05, 3.63) is 23.8 Å². The average Bonchev–Trinajstić information content (AvgIpc) is 3.23. The SMILES string of the molecule is CCOc1cc(CNCCCC2CC2)ccc1OC. The Bertz CT molecular complexity index is 388. The van der Waals surface area contributed by atoms with Crippen molar-refractivity contribution < 1.29 is 9.47 Å². The zero-order valence-corrected chi connectivity index (χ0v) is 12.1. The normalized spacial score (nSPS) is 14.4. The van der Waals surface area contributed by atoms with E-state index >= 15 is 0 Å². The molecule has 3 nitrogen and oxygen atoms in total. The molecular weight excluding hydrogens is 238 g/mol. The van der Waals surface area contributed by atoms with Crippen LogP contribution in [0.15, 0.2) is 18.2 Å². The summed E-state index contributed by atoms with van der Waals surface area (Å²) in [5, 5.41) is 3.50. The van der Waals surface area contributed by atoms with Gasteiger partial charge in [0.05, 0.1) is 13.7 Å². The quantitative estimate of drug-likeness (QED) is 0.693. The summed E-state index contributed by atoms with van der Waals surface area (Å²) >= 11 is 0. The molecule has 1 saturated carbocycles. The van der Waals surface area contributed by atoms with Crippen molar-refractivity contribution in [2.45, 2.75) is 39.2 Å². The fourth-order valence-electron chi connectivity index (χ4n) is 2.25. The maximum absolute atomic E-state index is 5.58. The van der Waals surface area contributed by atoms with Crippen LogP contribution in [0.5, 0.6) is 11.5 Å². The molecule has 0 radical (unpaired) electrons. The maximum Gasteiger partial charge on any atom is 0.161 e. The van der Waals surface area contributed by atoms with Crippen molar-refractivity contribution in [1.29, 1.82) is 0 Å². The van der Waals surface area contributed by atoms with Crippen LogP contribution in [0.25, 0.3) is 0 Å². The molecule has 0 saturated heterocycles. The molecule has 1 aromatic rings. The van der Waals surface area contributed by atoms with Crippen LogP contribution >= 0.6 is 0 Å². The molecule has 2 rings (SSSR count). The van der Waals surface area contributed by atoms with E-state index < -0.39 is 0 Å². The summed E-state index contributed by atoms with van der Waals surface area (Å²) in [4.78, 5) is 0. The van der Waals surface area contributed by atoms with E-state index in [1.165, 1.54) is 31.2 Å². The van der Waals surface area contributed by atoms with Crippen LogP contribution in [-0.4, -0.2) is 20.3 Å². The highest BCUT2D eigenvalue weighted by atomic mass is 16.5. The van der Waals surface area contributed by atoms with Crippen LogP contribution in [0.1, 0.15) is 38.2 Å². The van der Waals surface area contributed by atoms with Crippen molar-refractivity contribution in [3.63, 3.8) is 0 Å². The largest absolute Gasteiger partial charge is 0.493 e. The van der Waals surface area contributed by atoms with E-state index in [9.17, 15) is 0 Å². The topological polar surface area (TPSA) is 30.5 Å². The van der Waals surface area contributed by atoms with Gasteiger partial charge < -0.3 is 14.8 Å². The maximum atomic E-state index is 5.58. The molecule has 19 heavy (non-hydrogen) atoms. The van der Waals surface area contributed by atoms with E-state index in [-0.39, 0.29) is 0 Å². The predicted octanol–water partition coefficient (Wildman–Crippen LogP) is 3.37. The molecule has 0 amide bonds. The number of ether oxygens (including phenoxy) is 2. The lowest BCUT2D eigenvalue weighted by Gasteiger charge is -2.11. The molecule has 0 bridgehead atoms. The third-order valence-corrected chi connectivity index (χ3v) is 3.52. The average molecular weight is 263 g/mol. The Hall–Kier alpha value is -1.22. The Balaban J connectivity index is 1.76. The zero-order chi connectivity index (χ0) is 13.5. The highest BCUT2D eigenvalue weighted by molar-refractivity contribution is 5.42. The summed E-state index contributed by atoms with van der Waals surface area (Å²) in [5.74, 6) is 2.67. The van der Waals surface area contributed by atoms with E-state index in [0.29, 0.717) is 6.61 Å². The molecule has 1 fully saturated rings. The second kappa shape index (κ2) is 7.39. The van der Waals surface area contributed by atoms with Crippen molar-refractivity contribution in [1.82, 2.24) is 5.32 Å². The van der Waals surface area contributed by atoms with E-state index in [2.05, 4.69) is 17.4 Å². The minimum atomic E-state index is 0.661. The van der Waals surface area contributed by atoms with Gasteiger partial charge in [0, 0.05) is 6.54 Å². The summed E-state index contributed by atoms with van der Waals surface area (Å²) in [5.41, 5.74) is 1.25. The summed E-state index contributed by atoms with van der Waals surface area (Å²) in [6.07, 6.45) is 5.59. The lowest BCUT2D eigenvalue weighted by atomic mass is 10.2. The lowest BCUT2D eigenvalue weighted by molar-refractivity contribution is 0.310. The van der Waals surface area contributed by atoms with Crippen LogP contribution in [0.4, 0.5) is 0 Å². The molecule has 106 valence electrons. The lowest BCUT2D eigenvalue weighted by Crippen LogP contribution is -2.14. The molecular formula is C16H25NO2. The monoisotopic (exact) mass is 263 g/mol. The van der Waals surface area contributed by atoms with Gasteiger partial charge in [-0.1, -0.05) is 18.9 Å². The zero-order valence-electron chi connectivity index (χ0n) is 12.1. The molecule has 1 aromatic carbocycles. The van der Waals surface area contributed by atoms with E-state index in [0.717, 1.165) is 30.5 Å². The van der Waals surface area contributed by atoms with E-state index in [1.54, 1.807) is 7.11 Å². The van der Waals surface area contributed by atoms with Crippen LogP contribution < -0.4 is 14.8 Å². The number of methoxy groups -OCH3 is 1. The fourth-order valence-corrected chi connectivity index (χ4v) is 2.25. The van der Waals surface area contributed by atoms with Crippen molar-refractivity contribution in [2.24, 2.45) is 5.92 Å². The predicted molar refractivity (Wildman–Crippen MR) is 77.8 cm³/mol. The van der Waals surface area contributed by atoms with Gasteiger partial charge in [0.25, 0.3) is 0 Å². The Kier molecular flexibility index (Phi) is 5.52. The third kappa shape index (κ3) is 4.75. The number of hydrogen-bond acceptors (Lipinski definition) is 3. The second-order valence-corrected chi connectivity index (χ2v) is 5.18. The Morgan fingerprint density at radius 2 is 2.11 bits per heavy atom. The molecule has 0 unspecified atom stereocenters. The molecule has 0 aromatic heterocycles. The minimum absolute atomic E-state index is 0.661. The highest BCUT2D eigenvalue weighted by Gasteiger charge is 2.19. The fraction of sp³-hybridized carbons (Fsp3) is 0.625. The first-order valence-corrected chi connectivity index (χ1v) is 7.34. The van der Waals surface area contributed by atoms with Crippen molar-refractivity contribution in [3.8, 4) is 11.5 Å². The smallest absolute Gasteiger partial charge is 0.161 e. The highest BCUT2D eigenvalue weighted by Crippen LogP contribution is 2.33. The number of benzene rings is 1. The van der Waals surface area contributed by atoms with E-state index in [4.69, 9.17) is 9.47 Å². The first-order chi connectivity index (χ1) is 9.33. The molecule has 0 heterocycles. The molecule has 1 N–H and O–H groups in total. The molecule has 1 aliphatic carbocycles. The van der Waals surface area contributed by atoms with Gasteiger partial charge in [-0.15, -0.1) is 0 Å². The first kappa shape index (κ1) is 14.2. The Labute approximate surface area is 116 Å². The van der Waals surface area contributed by atoms with Crippen LogP contribution in [0.3, 0.4) is 0 Å². The molecule has 3 heteroatoms. The van der Waals surface area contributed by atoms with Gasteiger partial charge in [0.2, 0.25) is 0 Å². The number of nitrogens with one attached hydrogen (secondary N) is 1. The van der Waals surface area contributed by atoms with Gasteiger partial charge in [0.15, 0.2) is 11.5 Å². The van der Waals surface area contributed by atoms with Crippen LogP contribution in [0, 0.1) is 5.92 Å². The molecule has 0 aliphatic heterocycles. The van der Waals surface area contributed by atoms with Gasteiger partial charge in [-0.25, -0.2) is 0 Å². The van der Waals surface area contributed by atoms with Gasteiger partial charge in [-0.2, -0.15) is 0 Å². The van der Waals surface area contributed by atoms with Crippen molar-refractivity contribution in [2.75, 3.05) is 20.3 Å². The minimum Gasteiger partial charge on any atom is -0.493 e. The summed E-state index contributed by atoms with van der Waals surface area (Å²) in [7, 11) is 1.67. The standard InChI is InChI=1S/C16H25NO2/c1-3-19-16-11-14(8-9-15(16)18-2)12-17-10-4-5-13-6-7-13/h8-9,11,13,17H,3-7,10,12H2,1-2H3. The van der Waals surface area contributed by atoms with Crippen LogP contribution in [-0.2, 0) is 6.54 Å². The van der Waals surface area contributed by atoms with Gasteiger partial charge in [0.1, 0.15) is 0 Å². The number of hydrogen-bond donors (Lipinski definition) is 1. The Morgan fingerprint density at radius 3 is 2.79 bits per heavy atom. The summed E-state index contributed by atoms with van der Waals surface area (Å²) in [6, 6.07) is 6.14. The van der Waals surface area contributed by atoms with Gasteiger partial charge in [-0.3, -0.25) is 0 Å². The summed E-state index contributed by atoms with van der Waals surface area (Å²) < 4.78 is 10.9. The Morgan fingerprint density at radius 1 is 1.26 bits per heavy atom. The van der Waals surface area contributed by atoms with Gasteiger partial charge in [-0.05, 0) is 49.9 Å². The van der Waals surface area contributed by atoms with Crippen LogP contribution in [0.2, 0.25) is 0 Å². The van der Waals surface area contributed by atoms with E-state index in [1.807, 2.05) is 13.0 Å². The number of rotatable bonds is 9.